The second-order valence-electron chi connectivity index (χ2n) is 5.30. The monoisotopic (exact) mass is 212 g/mol. The van der Waals surface area contributed by atoms with Crippen molar-refractivity contribution in [2.24, 2.45) is 23.7 Å². The molecule has 0 aliphatic heterocycles. The summed E-state index contributed by atoms with van der Waals surface area (Å²) in [7, 11) is 0. The molecule has 1 atom stereocenters. The Hall–Kier alpha value is -0.530. The Morgan fingerprint density at radius 2 is 1.80 bits per heavy atom. The van der Waals surface area contributed by atoms with Gasteiger partial charge in [-0.2, -0.15) is 0 Å². The average Bonchev–Trinajstić information content (AvgIpc) is 2.18. The number of rotatable bonds is 4. The minimum atomic E-state index is -0.593. The first-order valence-corrected chi connectivity index (χ1v) is 6.29. The molecule has 0 bridgehead atoms. The van der Waals surface area contributed by atoms with Crippen molar-refractivity contribution in [3.8, 4) is 0 Å². The van der Waals surface area contributed by atoms with Gasteiger partial charge in [0.15, 0.2) is 0 Å². The minimum Gasteiger partial charge on any atom is -0.481 e. The van der Waals surface area contributed by atoms with E-state index in [4.69, 9.17) is 0 Å². The summed E-state index contributed by atoms with van der Waals surface area (Å²) in [4.78, 5) is 11.2. The van der Waals surface area contributed by atoms with Gasteiger partial charge < -0.3 is 5.11 Å². The molecule has 0 heterocycles. The van der Waals surface area contributed by atoms with Crippen LogP contribution in [-0.2, 0) is 4.79 Å². The Morgan fingerprint density at radius 3 is 2.13 bits per heavy atom. The van der Waals surface area contributed by atoms with Gasteiger partial charge >= 0.3 is 5.97 Å². The van der Waals surface area contributed by atoms with E-state index in [0.29, 0.717) is 5.92 Å². The Labute approximate surface area is 93.1 Å². The SMILES string of the molecule is CCC1CCC(C(C(=O)O)C(C)C)CC1. The molecule has 88 valence electrons. The van der Waals surface area contributed by atoms with E-state index in [9.17, 15) is 9.90 Å². The van der Waals surface area contributed by atoms with Gasteiger partial charge in [0, 0.05) is 0 Å². The zero-order valence-corrected chi connectivity index (χ0v) is 10.2. The topological polar surface area (TPSA) is 37.3 Å². The summed E-state index contributed by atoms with van der Waals surface area (Å²) >= 11 is 0. The van der Waals surface area contributed by atoms with E-state index >= 15 is 0 Å². The molecule has 1 saturated carbocycles. The highest BCUT2D eigenvalue weighted by atomic mass is 16.4. The Balaban J connectivity index is 2.53. The zero-order valence-electron chi connectivity index (χ0n) is 10.2. The van der Waals surface area contributed by atoms with Gasteiger partial charge in [-0.3, -0.25) is 4.79 Å². The second kappa shape index (κ2) is 5.53. The van der Waals surface area contributed by atoms with Gasteiger partial charge in [0.1, 0.15) is 0 Å². The minimum absolute atomic E-state index is 0.122. The lowest BCUT2D eigenvalue weighted by molar-refractivity contribution is -0.146. The van der Waals surface area contributed by atoms with Crippen molar-refractivity contribution < 1.29 is 9.90 Å². The number of aliphatic carboxylic acids is 1. The lowest BCUT2D eigenvalue weighted by Crippen LogP contribution is -2.31. The van der Waals surface area contributed by atoms with Crippen molar-refractivity contribution in [2.75, 3.05) is 0 Å². The molecule has 0 aromatic carbocycles. The summed E-state index contributed by atoms with van der Waals surface area (Å²) in [6.07, 6.45) is 5.96. The number of carboxylic acids is 1. The van der Waals surface area contributed by atoms with E-state index in [0.717, 1.165) is 18.8 Å². The van der Waals surface area contributed by atoms with Crippen molar-refractivity contribution in [3.63, 3.8) is 0 Å². The number of carboxylic acid groups (broad SMARTS) is 1. The van der Waals surface area contributed by atoms with E-state index in [-0.39, 0.29) is 11.8 Å². The van der Waals surface area contributed by atoms with Gasteiger partial charge in [-0.15, -0.1) is 0 Å². The third-order valence-corrected chi connectivity index (χ3v) is 3.98. The van der Waals surface area contributed by atoms with E-state index < -0.39 is 5.97 Å². The predicted molar refractivity (Wildman–Crippen MR) is 61.7 cm³/mol. The molecule has 1 unspecified atom stereocenters. The van der Waals surface area contributed by atoms with Crippen molar-refractivity contribution in [1.29, 1.82) is 0 Å². The molecule has 15 heavy (non-hydrogen) atoms. The maximum absolute atomic E-state index is 11.2. The van der Waals surface area contributed by atoms with Gasteiger partial charge in [0.05, 0.1) is 5.92 Å². The normalized spacial score (nSPS) is 29.1. The molecule has 0 radical (unpaired) electrons. The molecule has 1 aliphatic carbocycles. The molecular formula is C13H24O2. The highest BCUT2D eigenvalue weighted by Crippen LogP contribution is 2.37. The lowest BCUT2D eigenvalue weighted by atomic mass is 9.72. The first-order chi connectivity index (χ1) is 7.06. The molecular weight excluding hydrogens is 188 g/mol. The van der Waals surface area contributed by atoms with E-state index in [1.54, 1.807) is 0 Å². The molecule has 1 fully saturated rings. The summed E-state index contributed by atoms with van der Waals surface area (Å²) in [5.74, 6) is 0.826. The van der Waals surface area contributed by atoms with Crippen molar-refractivity contribution in [1.82, 2.24) is 0 Å². The van der Waals surface area contributed by atoms with Crippen LogP contribution in [-0.4, -0.2) is 11.1 Å². The standard InChI is InChI=1S/C13H24O2/c1-4-10-5-7-11(8-6-10)12(9(2)3)13(14)15/h9-12H,4-8H2,1-3H3,(H,14,15). The molecule has 0 saturated heterocycles. The van der Waals surface area contributed by atoms with Crippen LogP contribution in [0.5, 0.6) is 0 Å². The second-order valence-corrected chi connectivity index (χ2v) is 5.30. The zero-order chi connectivity index (χ0) is 11.4. The van der Waals surface area contributed by atoms with Crippen molar-refractivity contribution in [3.05, 3.63) is 0 Å². The molecule has 0 spiro atoms. The van der Waals surface area contributed by atoms with Gasteiger partial charge in [0.25, 0.3) is 0 Å². The third-order valence-electron chi connectivity index (χ3n) is 3.98. The smallest absolute Gasteiger partial charge is 0.307 e. The number of hydrogen-bond acceptors (Lipinski definition) is 1. The lowest BCUT2D eigenvalue weighted by Gasteiger charge is -2.33. The molecule has 2 heteroatoms. The summed E-state index contributed by atoms with van der Waals surface area (Å²) < 4.78 is 0. The largest absolute Gasteiger partial charge is 0.481 e. The first-order valence-electron chi connectivity index (χ1n) is 6.29. The molecule has 1 aliphatic rings. The van der Waals surface area contributed by atoms with Gasteiger partial charge in [-0.05, 0) is 30.6 Å². The van der Waals surface area contributed by atoms with Crippen molar-refractivity contribution >= 4 is 5.97 Å². The van der Waals surface area contributed by atoms with Crippen LogP contribution in [0.15, 0.2) is 0 Å². The highest BCUT2D eigenvalue weighted by Gasteiger charge is 2.33. The maximum atomic E-state index is 11.2. The fourth-order valence-corrected chi connectivity index (χ4v) is 2.99. The Kier molecular flexibility index (Phi) is 4.62. The number of carbonyl (C=O) groups is 1. The van der Waals surface area contributed by atoms with Gasteiger partial charge in [-0.1, -0.05) is 40.0 Å². The fourth-order valence-electron chi connectivity index (χ4n) is 2.99. The first kappa shape index (κ1) is 12.5. The molecule has 2 nitrogen and oxygen atoms in total. The maximum Gasteiger partial charge on any atom is 0.307 e. The van der Waals surface area contributed by atoms with Crippen LogP contribution in [0, 0.1) is 23.7 Å². The van der Waals surface area contributed by atoms with Crippen LogP contribution < -0.4 is 0 Å². The van der Waals surface area contributed by atoms with Crippen LogP contribution in [0.3, 0.4) is 0 Å². The average molecular weight is 212 g/mol. The Morgan fingerprint density at radius 1 is 1.27 bits per heavy atom. The van der Waals surface area contributed by atoms with Crippen LogP contribution >= 0.6 is 0 Å². The molecule has 0 amide bonds. The van der Waals surface area contributed by atoms with Crippen LogP contribution in [0.2, 0.25) is 0 Å². The summed E-state index contributed by atoms with van der Waals surface area (Å²) in [5, 5.41) is 9.22. The fraction of sp³-hybridized carbons (Fsp3) is 0.923. The van der Waals surface area contributed by atoms with Crippen molar-refractivity contribution in [2.45, 2.75) is 52.9 Å². The van der Waals surface area contributed by atoms with Crippen LogP contribution in [0.25, 0.3) is 0 Å². The quantitative estimate of drug-likeness (QED) is 0.773. The van der Waals surface area contributed by atoms with Gasteiger partial charge in [-0.25, -0.2) is 0 Å². The summed E-state index contributed by atoms with van der Waals surface area (Å²) in [6, 6.07) is 0. The Bertz CT molecular complexity index is 203. The summed E-state index contributed by atoms with van der Waals surface area (Å²) in [6.45, 7) is 6.30. The molecule has 0 aromatic rings. The van der Waals surface area contributed by atoms with E-state index in [1.165, 1.54) is 19.3 Å². The van der Waals surface area contributed by atoms with Crippen LogP contribution in [0.4, 0.5) is 0 Å². The van der Waals surface area contributed by atoms with E-state index in [2.05, 4.69) is 6.92 Å². The molecule has 0 aromatic heterocycles. The van der Waals surface area contributed by atoms with Crippen LogP contribution in [0.1, 0.15) is 52.9 Å². The molecule has 1 N–H and O–H groups in total. The predicted octanol–water partition coefficient (Wildman–Crippen LogP) is 3.56. The summed E-state index contributed by atoms with van der Waals surface area (Å²) in [5.41, 5.74) is 0. The number of hydrogen-bond donors (Lipinski definition) is 1. The molecule has 1 rings (SSSR count). The third kappa shape index (κ3) is 3.22. The highest BCUT2D eigenvalue weighted by molar-refractivity contribution is 5.70. The van der Waals surface area contributed by atoms with Gasteiger partial charge in [0.2, 0.25) is 0 Å². The van der Waals surface area contributed by atoms with E-state index in [1.807, 2.05) is 13.8 Å².